The number of carbonyl (C=O) groups excluding carboxylic acids is 1. The lowest BCUT2D eigenvalue weighted by Gasteiger charge is -2.37. The Morgan fingerprint density at radius 2 is 2.05 bits per heavy atom. The predicted octanol–water partition coefficient (Wildman–Crippen LogP) is 1.58. The van der Waals surface area contributed by atoms with Crippen LogP contribution in [0.25, 0.3) is 0 Å². The van der Waals surface area contributed by atoms with Crippen molar-refractivity contribution in [3.63, 3.8) is 0 Å². The van der Waals surface area contributed by atoms with Gasteiger partial charge < -0.3 is 14.7 Å². The minimum atomic E-state index is -0.338. The number of halogens is 1. The van der Waals surface area contributed by atoms with Gasteiger partial charge in [0.1, 0.15) is 11.6 Å². The van der Waals surface area contributed by atoms with Gasteiger partial charge in [0.25, 0.3) is 5.91 Å². The van der Waals surface area contributed by atoms with E-state index in [-0.39, 0.29) is 31.0 Å². The number of aliphatic hydroxyl groups is 1. The number of benzene rings is 1. The molecule has 4 nitrogen and oxygen atoms in total. The van der Waals surface area contributed by atoms with Crippen LogP contribution in [0.2, 0.25) is 0 Å². The fraction of sp³-hybridized carbons (Fsp3) is 0.500. The second-order valence-corrected chi connectivity index (χ2v) is 4.64. The maximum Gasteiger partial charge on any atom is 0.260 e. The summed E-state index contributed by atoms with van der Waals surface area (Å²) in [7, 11) is 0. The molecule has 1 aromatic carbocycles. The number of aliphatic hydroxyl groups excluding tert-OH is 1. The van der Waals surface area contributed by atoms with E-state index < -0.39 is 0 Å². The summed E-state index contributed by atoms with van der Waals surface area (Å²) in [5, 5.41) is 8.99. The SMILES string of the molecule is O=C(COc1ccc(F)cc1)N(CCO)C1CCC1. The van der Waals surface area contributed by atoms with E-state index in [2.05, 4.69) is 0 Å². The molecule has 1 fully saturated rings. The van der Waals surface area contributed by atoms with Crippen LogP contribution in [0.1, 0.15) is 19.3 Å². The highest BCUT2D eigenvalue weighted by Gasteiger charge is 2.28. The summed E-state index contributed by atoms with van der Waals surface area (Å²) in [4.78, 5) is 13.7. The van der Waals surface area contributed by atoms with Crippen molar-refractivity contribution in [3.8, 4) is 5.75 Å². The summed E-state index contributed by atoms with van der Waals surface area (Å²) >= 11 is 0. The van der Waals surface area contributed by atoms with Crippen molar-refractivity contribution < 1.29 is 19.0 Å². The van der Waals surface area contributed by atoms with E-state index in [1.165, 1.54) is 24.3 Å². The Bertz CT molecular complexity index is 417. The molecule has 1 amide bonds. The molecule has 0 aliphatic heterocycles. The quantitative estimate of drug-likeness (QED) is 0.851. The molecule has 0 spiro atoms. The first-order valence-electron chi connectivity index (χ1n) is 6.49. The fourth-order valence-electron chi connectivity index (χ4n) is 2.08. The maximum atomic E-state index is 12.7. The molecular weight excluding hydrogens is 249 g/mol. The number of ether oxygens (including phenoxy) is 1. The third-order valence-electron chi connectivity index (χ3n) is 3.35. The molecular formula is C14H18FNO3. The normalized spacial score (nSPS) is 14.8. The van der Waals surface area contributed by atoms with Crippen molar-refractivity contribution in [1.82, 2.24) is 4.90 Å². The van der Waals surface area contributed by atoms with Crippen LogP contribution in [0.4, 0.5) is 4.39 Å². The average molecular weight is 267 g/mol. The molecule has 5 heteroatoms. The van der Waals surface area contributed by atoms with Crippen LogP contribution in [0.3, 0.4) is 0 Å². The molecule has 0 bridgehead atoms. The van der Waals surface area contributed by atoms with Crippen LogP contribution in [0.15, 0.2) is 24.3 Å². The Kier molecular flexibility index (Phi) is 4.74. The molecule has 0 aromatic heterocycles. The number of carbonyl (C=O) groups is 1. The van der Waals surface area contributed by atoms with Crippen molar-refractivity contribution in [2.24, 2.45) is 0 Å². The fourth-order valence-corrected chi connectivity index (χ4v) is 2.08. The zero-order chi connectivity index (χ0) is 13.7. The molecule has 0 saturated heterocycles. The molecule has 0 atom stereocenters. The van der Waals surface area contributed by atoms with Gasteiger partial charge in [-0.1, -0.05) is 0 Å². The number of hydrogen-bond acceptors (Lipinski definition) is 3. The van der Waals surface area contributed by atoms with Crippen LogP contribution < -0.4 is 4.74 Å². The number of hydrogen-bond donors (Lipinski definition) is 1. The Labute approximate surface area is 111 Å². The van der Waals surface area contributed by atoms with Crippen LogP contribution in [0.5, 0.6) is 5.75 Å². The zero-order valence-electron chi connectivity index (χ0n) is 10.7. The Hall–Kier alpha value is -1.62. The van der Waals surface area contributed by atoms with E-state index in [1.54, 1.807) is 4.90 Å². The molecule has 1 N–H and O–H groups in total. The topological polar surface area (TPSA) is 49.8 Å². The van der Waals surface area contributed by atoms with E-state index in [0.717, 1.165) is 19.3 Å². The first-order chi connectivity index (χ1) is 9.20. The molecule has 0 unspecified atom stereocenters. The van der Waals surface area contributed by atoms with E-state index in [4.69, 9.17) is 9.84 Å². The Balaban J connectivity index is 1.86. The van der Waals surface area contributed by atoms with E-state index >= 15 is 0 Å². The van der Waals surface area contributed by atoms with Gasteiger partial charge in [0.05, 0.1) is 6.61 Å². The van der Waals surface area contributed by atoms with Crippen LogP contribution in [-0.4, -0.2) is 41.7 Å². The number of rotatable bonds is 6. The molecule has 1 saturated carbocycles. The maximum absolute atomic E-state index is 12.7. The van der Waals surface area contributed by atoms with Gasteiger partial charge in [-0.25, -0.2) is 4.39 Å². The molecule has 0 radical (unpaired) electrons. The largest absolute Gasteiger partial charge is 0.484 e. The molecule has 1 aromatic rings. The summed E-state index contributed by atoms with van der Waals surface area (Å²) in [5.41, 5.74) is 0. The summed E-state index contributed by atoms with van der Waals surface area (Å²) in [6, 6.07) is 5.79. The third-order valence-corrected chi connectivity index (χ3v) is 3.35. The summed E-state index contributed by atoms with van der Waals surface area (Å²) in [6.45, 7) is 0.219. The van der Waals surface area contributed by atoms with E-state index in [0.29, 0.717) is 12.3 Å². The molecule has 1 aliphatic rings. The lowest BCUT2D eigenvalue weighted by Crippen LogP contribution is -2.47. The second-order valence-electron chi connectivity index (χ2n) is 4.64. The number of nitrogens with zero attached hydrogens (tertiary/aromatic N) is 1. The van der Waals surface area contributed by atoms with E-state index in [1.807, 2.05) is 0 Å². The first kappa shape index (κ1) is 13.8. The summed E-state index contributed by atoms with van der Waals surface area (Å²) in [6.07, 6.45) is 3.10. The van der Waals surface area contributed by atoms with Gasteiger partial charge in [-0.05, 0) is 43.5 Å². The standard InChI is InChI=1S/C14H18FNO3/c15-11-4-6-13(7-5-11)19-10-14(18)16(8-9-17)12-2-1-3-12/h4-7,12,17H,1-3,8-10H2. The monoisotopic (exact) mass is 267 g/mol. The molecule has 0 heterocycles. The zero-order valence-corrected chi connectivity index (χ0v) is 10.7. The van der Waals surface area contributed by atoms with Gasteiger partial charge in [-0.2, -0.15) is 0 Å². The predicted molar refractivity (Wildman–Crippen MR) is 68.3 cm³/mol. The van der Waals surface area contributed by atoms with Gasteiger partial charge in [0, 0.05) is 12.6 Å². The molecule has 19 heavy (non-hydrogen) atoms. The van der Waals surface area contributed by atoms with Crippen molar-refractivity contribution in [2.45, 2.75) is 25.3 Å². The minimum absolute atomic E-state index is 0.0429. The Morgan fingerprint density at radius 1 is 1.37 bits per heavy atom. The van der Waals surface area contributed by atoms with Crippen molar-refractivity contribution in [2.75, 3.05) is 19.8 Å². The Morgan fingerprint density at radius 3 is 2.58 bits per heavy atom. The molecule has 1 aliphatic carbocycles. The van der Waals surface area contributed by atoms with Crippen LogP contribution >= 0.6 is 0 Å². The smallest absolute Gasteiger partial charge is 0.260 e. The highest BCUT2D eigenvalue weighted by Crippen LogP contribution is 2.24. The third kappa shape index (κ3) is 3.67. The minimum Gasteiger partial charge on any atom is -0.484 e. The lowest BCUT2D eigenvalue weighted by atomic mass is 9.91. The van der Waals surface area contributed by atoms with Crippen LogP contribution in [0, 0.1) is 5.82 Å². The van der Waals surface area contributed by atoms with E-state index in [9.17, 15) is 9.18 Å². The lowest BCUT2D eigenvalue weighted by molar-refractivity contribution is -0.138. The summed E-state index contributed by atoms with van der Waals surface area (Å²) < 4.78 is 18.0. The van der Waals surface area contributed by atoms with Gasteiger partial charge in [-0.15, -0.1) is 0 Å². The second kappa shape index (κ2) is 6.52. The van der Waals surface area contributed by atoms with Crippen molar-refractivity contribution in [3.05, 3.63) is 30.1 Å². The average Bonchev–Trinajstić information content (AvgIpc) is 2.35. The van der Waals surface area contributed by atoms with Gasteiger partial charge in [0.2, 0.25) is 0 Å². The molecule has 2 rings (SSSR count). The van der Waals surface area contributed by atoms with Gasteiger partial charge >= 0.3 is 0 Å². The van der Waals surface area contributed by atoms with Gasteiger partial charge in [0.15, 0.2) is 6.61 Å². The highest BCUT2D eigenvalue weighted by atomic mass is 19.1. The van der Waals surface area contributed by atoms with Crippen LogP contribution in [-0.2, 0) is 4.79 Å². The summed E-state index contributed by atoms with van der Waals surface area (Å²) in [5.74, 6) is -0.00886. The number of amides is 1. The first-order valence-corrected chi connectivity index (χ1v) is 6.49. The van der Waals surface area contributed by atoms with Gasteiger partial charge in [-0.3, -0.25) is 4.79 Å². The molecule has 104 valence electrons. The van der Waals surface area contributed by atoms with Crippen molar-refractivity contribution in [1.29, 1.82) is 0 Å². The highest BCUT2D eigenvalue weighted by molar-refractivity contribution is 5.78. The van der Waals surface area contributed by atoms with Crippen molar-refractivity contribution >= 4 is 5.91 Å².